The Hall–Kier alpha value is -3.18. The lowest BCUT2D eigenvalue weighted by Gasteiger charge is -2.39. The molecule has 6 heterocycles. The Morgan fingerprint density at radius 3 is 2.85 bits per heavy atom. The Bertz CT molecular complexity index is 1380. The summed E-state index contributed by atoms with van der Waals surface area (Å²) in [6, 6.07) is 2.04. The molecule has 206 valence electrons. The zero-order chi connectivity index (χ0) is 26.0. The van der Waals surface area contributed by atoms with Crippen LogP contribution in [0.4, 0.5) is 16.3 Å². The van der Waals surface area contributed by atoms with Gasteiger partial charge in [0.25, 0.3) is 0 Å². The van der Waals surface area contributed by atoms with Crippen molar-refractivity contribution in [1.29, 1.82) is 0 Å². The fraction of sp³-hybridized carbons (Fsp3) is 0.643. The van der Waals surface area contributed by atoms with Gasteiger partial charge in [0.2, 0.25) is 0 Å². The number of pyridine rings is 1. The molecule has 2 N–H and O–H groups in total. The average molecular weight is 533 g/mol. The number of anilines is 2. The van der Waals surface area contributed by atoms with Crippen LogP contribution in [0.5, 0.6) is 0 Å². The molecule has 0 radical (unpaired) electrons. The van der Waals surface area contributed by atoms with Gasteiger partial charge >= 0.3 is 6.03 Å². The molecule has 5 fully saturated rings. The first-order valence-corrected chi connectivity index (χ1v) is 14.6. The SMILES string of the molecule is O=C(Nc1cn[nH]c1-c1cc2c(cn1)c(N1CC(OC3CC3)C1)nn2C[C@H]1CCOC1)N1CCCCC12CC2. The molecule has 0 unspecified atom stereocenters. The number of carbonyl (C=O) groups excluding carboxylic acids is 1. The number of carbonyl (C=O) groups is 1. The zero-order valence-corrected chi connectivity index (χ0v) is 22.3. The van der Waals surface area contributed by atoms with E-state index in [-0.39, 0.29) is 11.6 Å². The number of hydrogen-bond acceptors (Lipinski definition) is 7. The maximum atomic E-state index is 13.3. The van der Waals surface area contributed by atoms with Crippen molar-refractivity contribution in [3.8, 4) is 11.4 Å². The predicted molar refractivity (Wildman–Crippen MR) is 146 cm³/mol. The number of nitrogens with zero attached hydrogens (tertiary/aromatic N) is 6. The molecule has 3 aromatic rings. The van der Waals surface area contributed by atoms with Crippen molar-refractivity contribution in [3.05, 3.63) is 18.5 Å². The lowest BCUT2D eigenvalue weighted by molar-refractivity contribution is 0.0217. The molecule has 3 aliphatic heterocycles. The van der Waals surface area contributed by atoms with E-state index in [0.29, 0.717) is 29.5 Å². The molecule has 5 aliphatic rings. The number of nitrogens with one attached hydrogen (secondary N) is 2. The molecule has 39 heavy (non-hydrogen) atoms. The Morgan fingerprint density at radius 1 is 1.15 bits per heavy atom. The second-order valence-electron chi connectivity index (χ2n) is 12.1. The highest BCUT2D eigenvalue weighted by Gasteiger charge is 2.51. The van der Waals surface area contributed by atoms with Crippen LogP contribution in [0.15, 0.2) is 18.5 Å². The molecule has 3 aromatic heterocycles. The largest absolute Gasteiger partial charge is 0.381 e. The first-order chi connectivity index (χ1) is 19.1. The monoisotopic (exact) mass is 532 g/mol. The van der Waals surface area contributed by atoms with Crippen LogP contribution in [-0.2, 0) is 16.0 Å². The quantitative estimate of drug-likeness (QED) is 0.476. The number of amides is 2. The van der Waals surface area contributed by atoms with Crippen molar-refractivity contribution >= 4 is 28.4 Å². The minimum Gasteiger partial charge on any atom is -0.381 e. The summed E-state index contributed by atoms with van der Waals surface area (Å²) in [5, 5.41) is 16.6. The van der Waals surface area contributed by atoms with Gasteiger partial charge in [-0.15, -0.1) is 0 Å². The molecule has 2 saturated carbocycles. The minimum absolute atomic E-state index is 0.0368. The van der Waals surface area contributed by atoms with E-state index in [1.165, 1.54) is 19.3 Å². The van der Waals surface area contributed by atoms with Gasteiger partial charge in [-0.05, 0) is 57.4 Å². The molecule has 0 bridgehead atoms. The Balaban J connectivity index is 1.07. The maximum absolute atomic E-state index is 13.3. The van der Waals surface area contributed by atoms with E-state index < -0.39 is 0 Å². The fourth-order valence-corrected chi connectivity index (χ4v) is 6.54. The lowest BCUT2D eigenvalue weighted by Crippen LogP contribution is -2.53. The van der Waals surface area contributed by atoms with Gasteiger partial charge in [0.15, 0.2) is 5.82 Å². The van der Waals surface area contributed by atoms with E-state index >= 15 is 0 Å². The summed E-state index contributed by atoms with van der Waals surface area (Å²) >= 11 is 0. The van der Waals surface area contributed by atoms with Crippen LogP contribution in [0.1, 0.15) is 51.4 Å². The molecule has 2 aliphatic carbocycles. The zero-order valence-electron chi connectivity index (χ0n) is 22.3. The molecular weight excluding hydrogens is 496 g/mol. The van der Waals surface area contributed by atoms with E-state index in [2.05, 4.69) is 31.2 Å². The number of fused-ring (bicyclic) bond motifs is 1. The molecule has 11 nitrogen and oxygen atoms in total. The van der Waals surface area contributed by atoms with Gasteiger partial charge < -0.3 is 24.6 Å². The van der Waals surface area contributed by atoms with E-state index in [1.54, 1.807) is 6.20 Å². The number of aromatic amines is 1. The highest BCUT2D eigenvalue weighted by molar-refractivity contribution is 5.96. The van der Waals surface area contributed by atoms with E-state index in [1.807, 2.05) is 11.1 Å². The van der Waals surface area contributed by atoms with Gasteiger partial charge in [-0.25, -0.2) is 4.79 Å². The highest BCUT2D eigenvalue weighted by atomic mass is 16.5. The third-order valence-corrected chi connectivity index (χ3v) is 9.18. The maximum Gasteiger partial charge on any atom is 0.322 e. The Labute approximate surface area is 227 Å². The molecule has 1 spiro atoms. The average Bonchev–Trinajstić information content (AvgIpc) is 3.72. The molecule has 2 amide bonds. The molecule has 3 saturated heterocycles. The summed E-state index contributed by atoms with van der Waals surface area (Å²) in [5.41, 5.74) is 3.23. The van der Waals surface area contributed by atoms with Crippen LogP contribution in [0.25, 0.3) is 22.3 Å². The van der Waals surface area contributed by atoms with Gasteiger partial charge in [-0.3, -0.25) is 14.8 Å². The van der Waals surface area contributed by atoms with Crippen molar-refractivity contribution < 1.29 is 14.3 Å². The van der Waals surface area contributed by atoms with Crippen LogP contribution in [-0.4, -0.2) is 86.5 Å². The van der Waals surface area contributed by atoms with E-state index in [0.717, 1.165) is 93.9 Å². The van der Waals surface area contributed by atoms with Crippen molar-refractivity contribution in [3.63, 3.8) is 0 Å². The molecular formula is C28H36N8O3. The van der Waals surface area contributed by atoms with Crippen LogP contribution in [0.3, 0.4) is 0 Å². The smallest absolute Gasteiger partial charge is 0.322 e. The number of likely N-dealkylation sites (tertiary alicyclic amines) is 1. The van der Waals surface area contributed by atoms with Crippen LogP contribution in [0, 0.1) is 5.92 Å². The van der Waals surface area contributed by atoms with Crippen molar-refractivity contribution in [2.75, 3.05) is 43.1 Å². The van der Waals surface area contributed by atoms with Crippen LogP contribution >= 0.6 is 0 Å². The Kier molecular flexibility index (Phi) is 5.58. The number of piperidine rings is 1. The lowest BCUT2D eigenvalue weighted by atomic mass is 10.0. The third-order valence-electron chi connectivity index (χ3n) is 9.18. The van der Waals surface area contributed by atoms with Gasteiger partial charge in [-0.2, -0.15) is 10.2 Å². The third kappa shape index (κ3) is 4.35. The van der Waals surface area contributed by atoms with Gasteiger partial charge in [0.1, 0.15) is 5.69 Å². The van der Waals surface area contributed by atoms with Crippen LogP contribution in [0.2, 0.25) is 0 Å². The predicted octanol–water partition coefficient (Wildman–Crippen LogP) is 3.78. The molecule has 0 aromatic carbocycles. The standard InChI is InChI=1S/C28H36N8O3/c37-27(35-9-2-1-6-28(35)7-8-28)31-23-13-30-32-25(23)22-11-24-21(12-29-22)26(33-36(24)14-18-5-10-38-17-18)34-15-20(16-34)39-19-3-4-19/h11-13,18-20H,1-10,14-17H2,(H,30,32)(H,31,37)/t18-/m1/s1. The summed E-state index contributed by atoms with van der Waals surface area (Å²) in [5.74, 6) is 1.41. The Morgan fingerprint density at radius 2 is 2.05 bits per heavy atom. The number of ether oxygens (including phenoxy) is 2. The topological polar surface area (TPSA) is 113 Å². The minimum atomic E-state index is -0.0368. The summed E-state index contributed by atoms with van der Waals surface area (Å²) in [6.45, 7) is 4.94. The number of aromatic nitrogens is 5. The summed E-state index contributed by atoms with van der Waals surface area (Å²) in [4.78, 5) is 22.5. The van der Waals surface area contributed by atoms with E-state index in [9.17, 15) is 4.79 Å². The fourth-order valence-electron chi connectivity index (χ4n) is 6.54. The second kappa shape index (κ2) is 9.19. The number of rotatable bonds is 7. The van der Waals surface area contributed by atoms with Crippen molar-refractivity contribution in [2.24, 2.45) is 5.92 Å². The summed E-state index contributed by atoms with van der Waals surface area (Å²) in [6.07, 6.45) is 13.4. The van der Waals surface area contributed by atoms with Crippen LogP contribution < -0.4 is 10.2 Å². The first-order valence-electron chi connectivity index (χ1n) is 14.6. The van der Waals surface area contributed by atoms with Crippen molar-refractivity contribution in [1.82, 2.24) is 29.9 Å². The molecule has 11 heteroatoms. The van der Waals surface area contributed by atoms with Gasteiger partial charge in [0, 0.05) is 50.4 Å². The highest BCUT2D eigenvalue weighted by Crippen LogP contribution is 2.48. The first kappa shape index (κ1) is 23.7. The van der Waals surface area contributed by atoms with Crippen molar-refractivity contribution in [2.45, 2.75) is 75.7 Å². The molecule has 8 rings (SSSR count). The van der Waals surface area contributed by atoms with Gasteiger partial charge in [-0.1, -0.05) is 0 Å². The number of H-pyrrole nitrogens is 1. The second-order valence-corrected chi connectivity index (χ2v) is 12.1. The summed E-state index contributed by atoms with van der Waals surface area (Å²) < 4.78 is 13.9. The summed E-state index contributed by atoms with van der Waals surface area (Å²) in [7, 11) is 0. The van der Waals surface area contributed by atoms with Gasteiger partial charge in [0.05, 0.1) is 47.3 Å². The number of hydrogen-bond donors (Lipinski definition) is 2. The normalized spacial score (nSPS) is 24.5. The van der Waals surface area contributed by atoms with E-state index in [4.69, 9.17) is 19.6 Å². The number of urea groups is 1. The molecule has 1 atom stereocenters.